The summed E-state index contributed by atoms with van der Waals surface area (Å²) in [5.41, 5.74) is 0.594. The van der Waals surface area contributed by atoms with Crippen LogP contribution in [0, 0.1) is 10.1 Å². The van der Waals surface area contributed by atoms with E-state index in [1.165, 1.54) is 21.1 Å². The number of hydrogen-bond acceptors (Lipinski definition) is 8. The summed E-state index contributed by atoms with van der Waals surface area (Å²) in [6.45, 7) is 1.37. The molecule has 0 heterocycles. The first-order chi connectivity index (χ1) is 14.2. The third-order valence-electron chi connectivity index (χ3n) is 4.22. The molecule has 0 unspecified atom stereocenters. The summed E-state index contributed by atoms with van der Waals surface area (Å²) < 4.78 is 15.2. The Bertz CT molecular complexity index is 942. The molecule has 0 aliphatic carbocycles. The van der Waals surface area contributed by atoms with E-state index in [-0.39, 0.29) is 17.1 Å². The molecule has 1 amide bonds. The SMILES string of the molecule is COc1cc(C(=O)O[C@@H](C)C(=O)Nc2ccc(N(C)C)cc2)c([N+](=O)[O-])cc1OC. The predicted molar refractivity (Wildman–Crippen MR) is 110 cm³/mol. The Hall–Kier alpha value is -3.82. The Morgan fingerprint density at radius 1 is 1.07 bits per heavy atom. The number of amides is 1. The maximum Gasteiger partial charge on any atom is 0.346 e. The minimum atomic E-state index is -1.20. The van der Waals surface area contributed by atoms with Gasteiger partial charge in [0.2, 0.25) is 0 Å². The molecule has 30 heavy (non-hydrogen) atoms. The van der Waals surface area contributed by atoms with E-state index in [2.05, 4.69) is 5.32 Å². The van der Waals surface area contributed by atoms with Crippen LogP contribution in [0.15, 0.2) is 36.4 Å². The van der Waals surface area contributed by atoms with Gasteiger partial charge in [-0.3, -0.25) is 14.9 Å². The van der Waals surface area contributed by atoms with Gasteiger partial charge in [-0.15, -0.1) is 0 Å². The number of methoxy groups -OCH3 is 2. The van der Waals surface area contributed by atoms with E-state index in [0.29, 0.717) is 5.69 Å². The van der Waals surface area contributed by atoms with Crippen LogP contribution in [-0.2, 0) is 9.53 Å². The molecule has 0 saturated heterocycles. The van der Waals surface area contributed by atoms with Crippen LogP contribution in [0.4, 0.5) is 17.1 Å². The third-order valence-corrected chi connectivity index (χ3v) is 4.22. The number of anilines is 2. The molecule has 0 aliphatic heterocycles. The van der Waals surface area contributed by atoms with Crippen LogP contribution in [-0.4, -0.2) is 51.2 Å². The standard InChI is InChI=1S/C20H23N3O7/c1-12(19(24)21-13-6-8-14(9-7-13)22(2)3)30-20(25)15-10-17(28-4)18(29-5)11-16(15)23(26)27/h6-12H,1-5H3,(H,21,24)/t12-/m0/s1. The van der Waals surface area contributed by atoms with Crippen LogP contribution >= 0.6 is 0 Å². The van der Waals surface area contributed by atoms with Crippen LogP contribution in [0.2, 0.25) is 0 Å². The Kier molecular flexibility index (Phi) is 7.18. The fraction of sp³-hybridized carbons (Fsp3) is 0.300. The minimum Gasteiger partial charge on any atom is -0.493 e. The van der Waals surface area contributed by atoms with Crippen molar-refractivity contribution in [3.8, 4) is 11.5 Å². The van der Waals surface area contributed by atoms with Gasteiger partial charge in [0, 0.05) is 31.5 Å². The molecule has 0 fully saturated rings. The summed E-state index contributed by atoms with van der Waals surface area (Å²) in [7, 11) is 6.43. The zero-order chi connectivity index (χ0) is 22.4. The molecule has 10 heteroatoms. The van der Waals surface area contributed by atoms with E-state index in [4.69, 9.17) is 14.2 Å². The number of hydrogen-bond donors (Lipinski definition) is 1. The first-order valence-corrected chi connectivity index (χ1v) is 8.87. The molecule has 0 bridgehead atoms. The number of benzene rings is 2. The Morgan fingerprint density at radius 2 is 1.63 bits per heavy atom. The molecule has 0 aliphatic rings. The van der Waals surface area contributed by atoms with E-state index >= 15 is 0 Å². The lowest BCUT2D eigenvalue weighted by Crippen LogP contribution is -2.30. The number of nitrogens with one attached hydrogen (secondary N) is 1. The van der Waals surface area contributed by atoms with E-state index in [1.54, 1.807) is 12.1 Å². The van der Waals surface area contributed by atoms with Gasteiger partial charge in [0.15, 0.2) is 17.6 Å². The van der Waals surface area contributed by atoms with Gasteiger partial charge >= 0.3 is 5.97 Å². The lowest BCUT2D eigenvalue weighted by atomic mass is 10.1. The van der Waals surface area contributed by atoms with Crippen LogP contribution in [0.1, 0.15) is 17.3 Å². The zero-order valence-electron chi connectivity index (χ0n) is 17.3. The number of nitrogens with zero attached hydrogens (tertiary/aromatic N) is 2. The third kappa shape index (κ3) is 5.16. The van der Waals surface area contributed by atoms with Gasteiger partial charge in [-0.05, 0) is 31.2 Å². The van der Waals surface area contributed by atoms with Crippen LogP contribution in [0.25, 0.3) is 0 Å². The van der Waals surface area contributed by atoms with Gasteiger partial charge in [0.05, 0.1) is 25.2 Å². The maximum absolute atomic E-state index is 12.5. The maximum atomic E-state index is 12.5. The van der Waals surface area contributed by atoms with E-state index in [9.17, 15) is 19.7 Å². The first kappa shape index (κ1) is 22.5. The van der Waals surface area contributed by atoms with Crippen molar-refractivity contribution in [2.45, 2.75) is 13.0 Å². The average molecular weight is 417 g/mol. The molecular formula is C20H23N3O7. The molecule has 1 N–H and O–H groups in total. The van der Waals surface area contributed by atoms with Gasteiger partial charge in [-0.2, -0.15) is 0 Å². The lowest BCUT2D eigenvalue weighted by Gasteiger charge is -2.16. The van der Waals surface area contributed by atoms with Crippen LogP contribution in [0.3, 0.4) is 0 Å². The highest BCUT2D eigenvalue weighted by molar-refractivity contribution is 5.99. The quantitative estimate of drug-likeness (QED) is 0.395. The largest absolute Gasteiger partial charge is 0.493 e. The fourth-order valence-corrected chi connectivity index (χ4v) is 2.55. The van der Waals surface area contributed by atoms with Crippen molar-refractivity contribution in [1.82, 2.24) is 0 Å². The molecule has 10 nitrogen and oxygen atoms in total. The number of nitro benzene ring substituents is 1. The summed E-state index contributed by atoms with van der Waals surface area (Å²) in [6, 6.07) is 9.26. The number of rotatable bonds is 8. The molecule has 1 atom stereocenters. The highest BCUT2D eigenvalue weighted by Crippen LogP contribution is 2.35. The monoisotopic (exact) mass is 417 g/mol. The highest BCUT2D eigenvalue weighted by Gasteiger charge is 2.28. The van der Waals surface area contributed by atoms with Crippen molar-refractivity contribution in [2.24, 2.45) is 0 Å². The number of ether oxygens (including phenoxy) is 3. The summed E-state index contributed by atoms with van der Waals surface area (Å²) in [6.07, 6.45) is -1.20. The van der Waals surface area contributed by atoms with Crippen molar-refractivity contribution in [3.63, 3.8) is 0 Å². The molecule has 0 saturated carbocycles. The number of nitro groups is 1. The van der Waals surface area contributed by atoms with Crippen molar-refractivity contribution in [2.75, 3.05) is 38.5 Å². The minimum absolute atomic E-state index is 0.0905. The van der Waals surface area contributed by atoms with Gasteiger partial charge in [-0.25, -0.2) is 4.79 Å². The first-order valence-electron chi connectivity index (χ1n) is 8.87. The topological polar surface area (TPSA) is 120 Å². The highest BCUT2D eigenvalue weighted by atomic mass is 16.6. The molecule has 0 spiro atoms. The normalized spacial score (nSPS) is 11.2. The van der Waals surface area contributed by atoms with E-state index in [1.807, 2.05) is 31.1 Å². The molecule has 0 aromatic heterocycles. The molecule has 2 aromatic carbocycles. The average Bonchev–Trinajstić information content (AvgIpc) is 2.72. The second kappa shape index (κ2) is 9.59. The van der Waals surface area contributed by atoms with Crippen LogP contribution < -0.4 is 19.7 Å². The summed E-state index contributed by atoms with van der Waals surface area (Å²) in [5, 5.41) is 14.0. The molecular weight excluding hydrogens is 394 g/mol. The smallest absolute Gasteiger partial charge is 0.346 e. The Morgan fingerprint density at radius 3 is 2.13 bits per heavy atom. The zero-order valence-corrected chi connectivity index (χ0v) is 17.3. The van der Waals surface area contributed by atoms with E-state index < -0.39 is 28.6 Å². The Balaban J connectivity index is 2.16. The molecule has 0 radical (unpaired) electrons. The van der Waals surface area contributed by atoms with Crippen molar-refractivity contribution in [1.29, 1.82) is 0 Å². The van der Waals surface area contributed by atoms with Crippen LogP contribution in [0.5, 0.6) is 11.5 Å². The number of carbonyl (C=O) groups excluding carboxylic acids is 2. The predicted octanol–water partition coefficient (Wildman–Crippen LogP) is 2.86. The molecule has 160 valence electrons. The second-order valence-corrected chi connectivity index (χ2v) is 6.46. The summed E-state index contributed by atoms with van der Waals surface area (Å²) in [5.74, 6) is -1.40. The van der Waals surface area contributed by atoms with Gasteiger partial charge in [-0.1, -0.05) is 0 Å². The fourth-order valence-electron chi connectivity index (χ4n) is 2.55. The summed E-state index contributed by atoms with van der Waals surface area (Å²) >= 11 is 0. The second-order valence-electron chi connectivity index (χ2n) is 6.46. The van der Waals surface area contributed by atoms with E-state index in [0.717, 1.165) is 17.8 Å². The van der Waals surface area contributed by atoms with Crippen molar-refractivity contribution >= 4 is 28.9 Å². The van der Waals surface area contributed by atoms with Crippen molar-refractivity contribution in [3.05, 3.63) is 52.1 Å². The van der Waals surface area contributed by atoms with Gasteiger partial charge in [0.25, 0.3) is 11.6 Å². The lowest BCUT2D eigenvalue weighted by molar-refractivity contribution is -0.385. The van der Waals surface area contributed by atoms with Crippen molar-refractivity contribution < 1.29 is 28.7 Å². The molecule has 2 aromatic rings. The van der Waals surface area contributed by atoms with Gasteiger partial charge < -0.3 is 24.4 Å². The van der Waals surface area contributed by atoms with Gasteiger partial charge in [0.1, 0.15) is 5.56 Å². The number of carbonyl (C=O) groups is 2. The molecule has 2 rings (SSSR count). The number of esters is 1. The Labute approximate surface area is 173 Å². The summed E-state index contributed by atoms with van der Waals surface area (Å²) in [4.78, 5) is 37.4.